The summed E-state index contributed by atoms with van der Waals surface area (Å²) in [5.41, 5.74) is 6.28. The number of rotatable bonds is 7. The van der Waals surface area contributed by atoms with E-state index in [1.165, 1.54) is 0 Å². The van der Waals surface area contributed by atoms with Crippen LogP contribution in [0.5, 0.6) is 0 Å². The molecule has 2 rings (SSSR count). The standard InChI is InChI=1S/C15H23ClN2O2S/c1-11(2)7-8-18(13-3-4-13)21(19,20)14-5-6-15(16)12(9-14)10-17/h5-6,9,11,13H,3-4,7-8,10,17H2,1-2H3. The van der Waals surface area contributed by atoms with Gasteiger partial charge in [-0.2, -0.15) is 4.31 Å². The van der Waals surface area contributed by atoms with Crippen molar-refractivity contribution in [2.45, 2.75) is 50.6 Å². The van der Waals surface area contributed by atoms with Gasteiger partial charge in [0.05, 0.1) is 4.90 Å². The van der Waals surface area contributed by atoms with E-state index in [-0.39, 0.29) is 12.6 Å². The highest BCUT2D eigenvalue weighted by atomic mass is 35.5. The number of halogens is 1. The number of nitrogens with zero attached hydrogens (tertiary/aromatic N) is 1. The predicted molar refractivity (Wildman–Crippen MR) is 85.7 cm³/mol. The predicted octanol–water partition coefficient (Wildman–Crippen LogP) is 3.00. The lowest BCUT2D eigenvalue weighted by Gasteiger charge is -2.23. The number of sulfonamides is 1. The van der Waals surface area contributed by atoms with Gasteiger partial charge in [-0.15, -0.1) is 0 Å². The zero-order valence-electron chi connectivity index (χ0n) is 12.5. The average Bonchev–Trinajstić information content (AvgIpc) is 3.23. The SMILES string of the molecule is CC(C)CCN(C1CC1)S(=O)(=O)c1ccc(Cl)c(CN)c1. The van der Waals surface area contributed by atoms with Crippen LogP contribution in [-0.2, 0) is 16.6 Å². The molecule has 0 aromatic heterocycles. The van der Waals surface area contributed by atoms with Crippen molar-refractivity contribution in [2.24, 2.45) is 11.7 Å². The van der Waals surface area contributed by atoms with E-state index in [0.717, 1.165) is 19.3 Å². The van der Waals surface area contributed by atoms with Crippen LogP contribution in [0.2, 0.25) is 5.02 Å². The van der Waals surface area contributed by atoms with Crippen LogP contribution in [0.25, 0.3) is 0 Å². The summed E-state index contributed by atoms with van der Waals surface area (Å²) < 4.78 is 27.3. The number of hydrogen-bond donors (Lipinski definition) is 1. The van der Waals surface area contributed by atoms with E-state index in [4.69, 9.17) is 17.3 Å². The van der Waals surface area contributed by atoms with Crippen molar-refractivity contribution in [3.63, 3.8) is 0 Å². The maximum atomic E-state index is 12.8. The van der Waals surface area contributed by atoms with E-state index in [0.29, 0.717) is 27.9 Å². The molecule has 0 radical (unpaired) electrons. The normalized spacial score (nSPS) is 15.9. The maximum Gasteiger partial charge on any atom is 0.243 e. The van der Waals surface area contributed by atoms with Gasteiger partial charge in [0.15, 0.2) is 0 Å². The fourth-order valence-corrected chi connectivity index (χ4v) is 4.20. The summed E-state index contributed by atoms with van der Waals surface area (Å²) in [6.45, 7) is 5.02. The first-order chi connectivity index (χ1) is 9.86. The quantitative estimate of drug-likeness (QED) is 0.836. The lowest BCUT2D eigenvalue weighted by Crippen LogP contribution is -2.34. The van der Waals surface area contributed by atoms with Gasteiger partial charge >= 0.3 is 0 Å². The van der Waals surface area contributed by atoms with E-state index < -0.39 is 10.0 Å². The minimum absolute atomic E-state index is 0.158. The highest BCUT2D eigenvalue weighted by molar-refractivity contribution is 7.89. The van der Waals surface area contributed by atoms with Crippen LogP contribution >= 0.6 is 11.6 Å². The summed E-state index contributed by atoms with van der Waals surface area (Å²) in [5, 5.41) is 0.511. The topological polar surface area (TPSA) is 63.4 Å². The van der Waals surface area contributed by atoms with Crippen molar-refractivity contribution >= 4 is 21.6 Å². The summed E-state index contributed by atoms with van der Waals surface area (Å²) >= 11 is 6.02. The van der Waals surface area contributed by atoms with Gasteiger partial charge in [-0.25, -0.2) is 8.42 Å². The third-order valence-electron chi connectivity index (χ3n) is 3.72. The Morgan fingerprint density at radius 1 is 1.38 bits per heavy atom. The summed E-state index contributed by atoms with van der Waals surface area (Å²) in [5.74, 6) is 0.478. The molecular formula is C15H23ClN2O2S. The van der Waals surface area contributed by atoms with Gasteiger partial charge in [-0.3, -0.25) is 0 Å². The lowest BCUT2D eigenvalue weighted by molar-refractivity contribution is 0.373. The molecule has 0 atom stereocenters. The Morgan fingerprint density at radius 2 is 2.05 bits per heavy atom. The average molecular weight is 331 g/mol. The van der Waals surface area contributed by atoms with Gasteiger partial charge in [0, 0.05) is 24.2 Å². The molecular weight excluding hydrogens is 308 g/mol. The zero-order chi connectivity index (χ0) is 15.6. The number of nitrogens with two attached hydrogens (primary N) is 1. The Kier molecular flexibility index (Phi) is 5.30. The molecule has 0 saturated heterocycles. The fourth-order valence-electron chi connectivity index (χ4n) is 2.25. The van der Waals surface area contributed by atoms with Crippen molar-refractivity contribution in [3.05, 3.63) is 28.8 Å². The maximum absolute atomic E-state index is 12.8. The van der Waals surface area contributed by atoms with Crippen molar-refractivity contribution in [1.82, 2.24) is 4.31 Å². The molecule has 2 N–H and O–H groups in total. The van der Waals surface area contributed by atoms with Crippen molar-refractivity contribution in [1.29, 1.82) is 0 Å². The molecule has 1 aliphatic carbocycles. The molecule has 1 aromatic carbocycles. The van der Waals surface area contributed by atoms with Crippen molar-refractivity contribution < 1.29 is 8.42 Å². The molecule has 0 spiro atoms. The summed E-state index contributed by atoms with van der Waals surface area (Å²) in [7, 11) is -3.46. The first-order valence-electron chi connectivity index (χ1n) is 7.36. The van der Waals surface area contributed by atoms with Crippen LogP contribution in [-0.4, -0.2) is 25.3 Å². The minimum Gasteiger partial charge on any atom is -0.326 e. The molecule has 4 nitrogen and oxygen atoms in total. The molecule has 1 fully saturated rings. The molecule has 1 aliphatic rings. The van der Waals surface area contributed by atoms with Crippen LogP contribution < -0.4 is 5.73 Å². The van der Waals surface area contributed by atoms with Crippen LogP contribution in [0, 0.1) is 5.92 Å². The lowest BCUT2D eigenvalue weighted by atomic mass is 10.1. The molecule has 0 aliphatic heterocycles. The molecule has 0 heterocycles. The third-order valence-corrected chi connectivity index (χ3v) is 6.04. The molecule has 0 unspecified atom stereocenters. The first kappa shape index (κ1) is 16.7. The molecule has 118 valence electrons. The summed E-state index contributed by atoms with van der Waals surface area (Å²) in [6, 6.07) is 4.94. The monoisotopic (exact) mass is 330 g/mol. The Labute approximate surface area is 132 Å². The molecule has 21 heavy (non-hydrogen) atoms. The van der Waals surface area contributed by atoms with E-state index in [1.807, 2.05) is 0 Å². The Bertz CT molecular complexity index is 598. The zero-order valence-corrected chi connectivity index (χ0v) is 14.1. The van der Waals surface area contributed by atoms with Gasteiger partial charge in [-0.05, 0) is 48.9 Å². The third kappa shape index (κ3) is 3.97. The largest absolute Gasteiger partial charge is 0.326 e. The minimum atomic E-state index is -3.46. The number of benzene rings is 1. The summed E-state index contributed by atoms with van der Waals surface area (Å²) in [6.07, 6.45) is 2.77. The first-order valence-corrected chi connectivity index (χ1v) is 9.18. The van der Waals surface area contributed by atoms with Crippen LogP contribution in [0.3, 0.4) is 0 Å². The van der Waals surface area contributed by atoms with Crippen molar-refractivity contribution in [3.8, 4) is 0 Å². The summed E-state index contributed by atoms with van der Waals surface area (Å²) in [4.78, 5) is 0.294. The van der Waals surface area contributed by atoms with E-state index in [9.17, 15) is 8.42 Å². The highest BCUT2D eigenvalue weighted by Gasteiger charge is 2.37. The molecule has 6 heteroatoms. The van der Waals surface area contributed by atoms with E-state index in [2.05, 4.69) is 13.8 Å². The van der Waals surface area contributed by atoms with Crippen LogP contribution in [0.1, 0.15) is 38.7 Å². The second kappa shape index (κ2) is 6.65. The van der Waals surface area contributed by atoms with Gasteiger partial charge in [-0.1, -0.05) is 25.4 Å². The molecule has 0 amide bonds. The smallest absolute Gasteiger partial charge is 0.243 e. The highest BCUT2D eigenvalue weighted by Crippen LogP contribution is 2.33. The fraction of sp³-hybridized carbons (Fsp3) is 0.600. The van der Waals surface area contributed by atoms with Crippen LogP contribution in [0.4, 0.5) is 0 Å². The molecule has 1 aromatic rings. The van der Waals surface area contributed by atoms with E-state index >= 15 is 0 Å². The second-order valence-corrected chi connectivity index (χ2v) is 8.28. The van der Waals surface area contributed by atoms with E-state index in [1.54, 1.807) is 22.5 Å². The van der Waals surface area contributed by atoms with Gasteiger partial charge in [0.2, 0.25) is 10.0 Å². The van der Waals surface area contributed by atoms with Gasteiger partial charge < -0.3 is 5.73 Å². The second-order valence-electron chi connectivity index (χ2n) is 5.99. The number of hydrogen-bond acceptors (Lipinski definition) is 3. The van der Waals surface area contributed by atoms with Crippen molar-refractivity contribution in [2.75, 3.05) is 6.54 Å². The van der Waals surface area contributed by atoms with Gasteiger partial charge in [0.1, 0.15) is 0 Å². The van der Waals surface area contributed by atoms with Crippen LogP contribution in [0.15, 0.2) is 23.1 Å². The Morgan fingerprint density at radius 3 is 2.57 bits per heavy atom. The Balaban J connectivity index is 2.29. The molecule has 1 saturated carbocycles. The Hall–Kier alpha value is -0.620. The van der Waals surface area contributed by atoms with Gasteiger partial charge in [0.25, 0.3) is 0 Å². The molecule has 0 bridgehead atoms.